The van der Waals surface area contributed by atoms with Gasteiger partial charge in [-0.2, -0.15) is 0 Å². The first-order chi connectivity index (χ1) is 8.36. The SMILES string of the molecule is CNCc1nnc(-c2cc3c(s2)CCCC3)o1. The number of fused-ring (bicyclic) bond motifs is 1. The van der Waals surface area contributed by atoms with Crippen molar-refractivity contribution in [2.45, 2.75) is 32.2 Å². The lowest BCUT2D eigenvalue weighted by Gasteiger charge is -2.08. The third-order valence-electron chi connectivity index (χ3n) is 3.00. The summed E-state index contributed by atoms with van der Waals surface area (Å²) in [5.41, 5.74) is 1.48. The average molecular weight is 249 g/mol. The van der Waals surface area contributed by atoms with Crippen LogP contribution in [0.3, 0.4) is 0 Å². The number of hydrogen-bond acceptors (Lipinski definition) is 5. The highest BCUT2D eigenvalue weighted by atomic mass is 32.1. The van der Waals surface area contributed by atoms with Crippen LogP contribution >= 0.6 is 11.3 Å². The maximum absolute atomic E-state index is 5.61. The molecular weight excluding hydrogens is 234 g/mol. The summed E-state index contributed by atoms with van der Waals surface area (Å²) in [5.74, 6) is 1.31. The Kier molecular flexibility index (Phi) is 2.94. The van der Waals surface area contributed by atoms with Gasteiger partial charge in [-0.05, 0) is 44.4 Å². The van der Waals surface area contributed by atoms with Gasteiger partial charge in [0.05, 0.1) is 11.4 Å². The van der Waals surface area contributed by atoms with Crippen molar-refractivity contribution in [3.05, 3.63) is 22.4 Å². The molecule has 3 rings (SSSR count). The smallest absolute Gasteiger partial charge is 0.257 e. The zero-order chi connectivity index (χ0) is 11.7. The van der Waals surface area contributed by atoms with Gasteiger partial charge in [-0.1, -0.05) is 0 Å². The summed E-state index contributed by atoms with van der Waals surface area (Å²) >= 11 is 1.80. The van der Waals surface area contributed by atoms with E-state index < -0.39 is 0 Å². The topological polar surface area (TPSA) is 51.0 Å². The molecule has 2 aromatic rings. The van der Waals surface area contributed by atoms with Crippen molar-refractivity contribution < 1.29 is 4.42 Å². The van der Waals surface area contributed by atoms with Gasteiger partial charge in [-0.15, -0.1) is 21.5 Å². The highest BCUT2D eigenvalue weighted by Gasteiger charge is 2.17. The summed E-state index contributed by atoms with van der Waals surface area (Å²) in [7, 11) is 1.87. The molecule has 17 heavy (non-hydrogen) atoms. The zero-order valence-corrected chi connectivity index (χ0v) is 10.6. The molecule has 1 aliphatic rings. The Hall–Kier alpha value is -1.20. The second-order valence-corrected chi connectivity index (χ2v) is 5.43. The Morgan fingerprint density at radius 3 is 3.06 bits per heavy atom. The normalized spacial score (nSPS) is 14.9. The van der Waals surface area contributed by atoms with Gasteiger partial charge >= 0.3 is 0 Å². The van der Waals surface area contributed by atoms with Gasteiger partial charge < -0.3 is 9.73 Å². The third kappa shape index (κ3) is 2.12. The maximum Gasteiger partial charge on any atom is 0.257 e. The van der Waals surface area contributed by atoms with Crippen LogP contribution in [0.15, 0.2) is 10.5 Å². The van der Waals surface area contributed by atoms with Crippen LogP contribution in [-0.2, 0) is 19.4 Å². The molecule has 0 bridgehead atoms. The van der Waals surface area contributed by atoms with E-state index in [9.17, 15) is 0 Å². The van der Waals surface area contributed by atoms with E-state index in [1.807, 2.05) is 7.05 Å². The van der Waals surface area contributed by atoms with Crippen molar-refractivity contribution in [2.75, 3.05) is 7.05 Å². The molecule has 2 heterocycles. The van der Waals surface area contributed by atoms with Crippen LogP contribution in [0, 0.1) is 0 Å². The molecule has 0 atom stereocenters. The lowest BCUT2D eigenvalue weighted by molar-refractivity contribution is 0.491. The molecule has 0 unspecified atom stereocenters. The lowest BCUT2D eigenvalue weighted by atomic mass is 9.99. The van der Waals surface area contributed by atoms with Crippen molar-refractivity contribution in [1.29, 1.82) is 0 Å². The second kappa shape index (κ2) is 4.58. The van der Waals surface area contributed by atoms with Crippen LogP contribution in [0.2, 0.25) is 0 Å². The quantitative estimate of drug-likeness (QED) is 0.907. The van der Waals surface area contributed by atoms with Crippen LogP contribution in [0.4, 0.5) is 0 Å². The first kappa shape index (κ1) is 10.9. The van der Waals surface area contributed by atoms with Gasteiger partial charge in [-0.25, -0.2) is 0 Å². The summed E-state index contributed by atoms with van der Waals surface area (Å²) < 4.78 is 5.61. The van der Waals surface area contributed by atoms with Gasteiger partial charge in [0.15, 0.2) is 0 Å². The number of rotatable bonds is 3. The molecule has 1 N–H and O–H groups in total. The molecule has 0 saturated carbocycles. The van der Waals surface area contributed by atoms with Crippen LogP contribution < -0.4 is 5.32 Å². The van der Waals surface area contributed by atoms with E-state index in [0.29, 0.717) is 18.3 Å². The van der Waals surface area contributed by atoms with Crippen molar-refractivity contribution in [1.82, 2.24) is 15.5 Å². The number of thiophene rings is 1. The first-order valence-corrected chi connectivity index (χ1v) is 6.77. The molecule has 0 amide bonds. The highest BCUT2D eigenvalue weighted by Crippen LogP contribution is 2.34. The minimum atomic E-state index is 0.623. The van der Waals surface area contributed by atoms with E-state index in [4.69, 9.17) is 4.42 Å². The predicted octanol–water partition coefficient (Wildman–Crippen LogP) is 2.40. The van der Waals surface area contributed by atoms with Crippen molar-refractivity contribution in [3.8, 4) is 10.8 Å². The fourth-order valence-electron chi connectivity index (χ4n) is 2.17. The summed E-state index contributed by atoms with van der Waals surface area (Å²) in [6.07, 6.45) is 5.01. The van der Waals surface area contributed by atoms with Crippen molar-refractivity contribution in [2.24, 2.45) is 0 Å². The number of nitrogens with zero attached hydrogens (tertiary/aromatic N) is 2. The molecule has 1 aliphatic carbocycles. The number of aromatic nitrogens is 2. The Labute approximate surface area is 104 Å². The number of nitrogens with one attached hydrogen (secondary N) is 1. The molecule has 2 aromatic heterocycles. The Balaban J connectivity index is 1.89. The first-order valence-electron chi connectivity index (χ1n) is 5.96. The van der Waals surface area contributed by atoms with Gasteiger partial charge in [0.1, 0.15) is 0 Å². The molecular formula is C12H15N3OS. The molecule has 0 saturated heterocycles. The Morgan fingerprint density at radius 2 is 2.24 bits per heavy atom. The van der Waals surface area contributed by atoms with Crippen LogP contribution in [0.5, 0.6) is 0 Å². The van der Waals surface area contributed by atoms with Crippen LogP contribution in [-0.4, -0.2) is 17.2 Å². The molecule has 0 aromatic carbocycles. The fraction of sp³-hybridized carbons (Fsp3) is 0.500. The van der Waals surface area contributed by atoms with Gasteiger partial charge in [0.2, 0.25) is 5.89 Å². The van der Waals surface area contributed by atoms with Crippen molar-refractivity contribution >= 4 is 11.3 Å². The standard InChI is InChI=1S/C12H15N3OS/c1-13-7-11-14-15-12(16-11)10-6-8-4-2-3-5-9(8)17-10/h6,13H,2-5,7H2,1H3. The zero-order valence-electron chi connectivity index (χ0n) is 9.82. The Bertz CT molecular complexity index is 494. The monoisotopic (exact) mass is 249 g/mol. The van der Waals surface area contributed by atoms with Gasteiger partial charge in [-0.3, -0.25) is 0 Å². The van der Waals surface area contributed by atoms with Gasteiger partial charge in [0, 0.05) is 4.88 Å². The molecule has 0 fully saturated rings. The van der Waals surface area contributed by atoms with E-state index in [1.54, 1.807) is 11.3 Å². The average Bonchev–Trinajstić information content (AvgIpc) is 2.94. The minimum absolute atomic E-state index is 0.623. The molecule has 0 spiro atoms. The summed E-state index contributed by atoms with van der Waals surface area (Å²) in [5, 5.41) is 11.1. The second-order valence-electron chi connectivity index (χ2n) is 4.30. The molecule has 4 nitrogen and oxygen atoms in total. The third-order valence-corrected chi connectivity index (χ3v) is 4.23. The molecule has 5 heteroatoms. The fourth-order valence-corrected chi connectivity index (χ4v) is 3.35. The summed E-state index contributed by atoms with van der Waals surface area (Å²) in [6.45, 7) is 0.623. The Morgan fingerprint density at radius 1 is 1.35 bits per heavy atom. The van der Waals surface area contributed by atoms with E-state index >= 15 is 0 Å². The lowest BCUT2D eigenvalue weighted by Crippen LogP contribution is -2.04. The van der Waals surface area contributed by atoms with Crippen LogP contribution in [0.1, 0.15) is 29.2 Å². The molecule has 90 valence electrons. The number of hydrogen-bond donors (Lipinski definition) is 1. The van der Waals surface area contributed by atoms with Crippen LogP contribution in [0.25, 0.3) is 10.8 Å². The summed E-state index contributed by atoms with van der Waals surface area (Å²) in [4.78, 5) is 2.62. The highest BCUT2D eigenvalue weighted by molar-refractivity contribution is 7.15. The molecule has 0 aliphatic heterocycles. The number of aryl methyl sites for hydroxylation is 2. The van der Waals surface area contributed by atoms with Crippen molar-refractivity contribution in [3.63, 3.8) is 0 Å². The van der Waals surface area contributed by atoms with E-state index in [2.05, 4.69) is 21.6 Å². The predicted molar refractivity (Wildman–Crippen MR) is 67.0 cm³/mol. The van der Waals surface area contributed by atoms with E-state index in [1.165, 1.54) is 36.1 Å². The maximum atomic E-state index is 5.61. The minimum Gasteiger partial charge on any atom is -0.419 e. The van der Waals surface area contributed by atoms with E-state index in [0.717, 1.165) is 4.88 Å². The summed E-state index contributed by atoms with van der Waals surface area (Å²) in [6, 6.07) is 2.22. The van der Waals surface area contributed by atoms with Gasteiger partial charge in [0.25, 0.3) is 5.89 Å². The van der Waals surface area contributed by atoms with E-state index in [-0.39, 0.29) is 0 Å². The molecule has 0 radical (unpaired) electrons. The largest absolute Gasteiger partial charge is 0.419 e.